The maximum atomic E-state index is 12.1. The monoisotopic (exact) mass is 418 g/mol. The normalized spacial score (nSPS) is 41.4. The molecular weight excluding hydrogens is 384 g/mol. The number of benzene rings is 1. The third-order valence-corrected chi connectivity index (χ3v) is 9.34. The highest BCUT2D eigenvalue weighted by Gasteiger charge is 2.64. The van der Waals surface area contributed by atoms with Gasteiger partial charge in [-0.2, -0.15) is 0 Å². The first kappa shape index (κ1) is 21.0. The number of fused-ring (bicyclic) bond motifs is 5. The molecule has 3 saturated carbocycles. The number of carbonyl (C=O) groups excluding carboxylic acids is 1. The summed E-state index contributed by atoms with van der Waals surface area (Å²) in [5, 5.41) is 21.0. The highest BCUT2D eigenvalue weighted by atomic mass is 16.3. The van der Waals surface area contributed by atoms with Gasteiger partial charge in [-0.15, -0.1) is 0 Å². The van der Waals surface area contributed by atoms with Crippen LogP contribution in [0.4, 0.5) is 0 Å². The topological polar surface area (TPSA) is 57.5 Å². The largest absolute Gasteiger partial charge is 0.384 e. The summed E-state index contributed by atoms with van der Waals surface area (Å²) >= 11 is 0. The molecule has 0 saturated heterocycles. The van der Waals surface area contributed by atoms with Crippen LogP contribution in [-0.4, -0.2) is 28.2 Å². The number of ketones is 1. The van der Waals surface area contributed by atoms with Crippen LogP contribution in [0.3, 0.4) is 0 Å². The second-order valence-corrected chi connectivity index (χ2v) is 10.7. The second kappa shape index (κ2) is 7.61. The highest BCUT2D eigenvalue weighted by Crippen LogP contribution is 2.68. The van der Waals surface area contributed by atoms with Crippen LogP contribution in [0, 0.1) is 47.9 Å². The Labute approximate surface area is 185 Å². The molecule has 0 heterocycles. The van der Waals surface area contributed by atoms with Crippen molar-refractivity contribution >= 4 is 5.78 Å². The number of aryl methyl sites for hydroxylation is 1. The van der Waals surface area contributed by atoms with Crippen LogP contribution in [0.15, 0.2) is 35.9 Å². The zero-order valence-corrected chi connectivity index (χ0v) is 18.7. The number of aliphatic hydroxyl groups excluding tert-OH is 1. The fourth-order valence-corrected chi connectivity index (χ4v) is 7.86. The summed E-state index contributed by atoms with van der Waals surface area (Å²) < 4.78 is 0. The summed E-state index contributed by atoms with van der Waals surface area (Å²) in [6.45, 7) is 4.17. The van der Waals surface area contributed by atoms with Gasteiger partial charge in [-0.1, -0.05) is 54.2 Å². The van der Waals surface area contributed by atoms with Crippen molar-refractivity contribution in [3.63, 3.8) is 0 Å². The van der Waals surface area contributed by atoms with Crippen molar-refractivity contribution in [3.05, 3.63) is 47.0 Å². The number of hydrogen-bond donors (Lipinski definition) is 2. The van der Waals surface area contributed by atoms with Crippen LogP contribution >= 0.6 is 0 Å². The Hall–Kier alpha value is -1.89. The van der Waals surface area contributed by atoms with E-state index in [0.29, 0.717) is 48.2 Å². The summed E-state index contributed by atoms with van der Waals surface area (Å²) in [6.07, 6.45) is 8.34. The van der Waals surface area contributed by atoms with Gasteiger partial charge in [0.2, 0.25) is 0 Å². The predicted molar refractivity (Wildman–Crippen MR) is 121 cm³/mol. The van der Waals surface area contributed by atoms with Crippen molar-refractivity contribution in [2.75, 3.05) is 6.61 Å². The molecule has 1 aromatic carbocycles. The van der Waals surface area contributed by atoms with Gasteiger partial charge in [-0.05, 0) is 86.7 Å². The Morgan fingerprint density at radius 1 is 1.10 bits per heavy atom. The molecular formula is C28H34O3. The first-order chi connectivity index (χ1) is 14.9. The first-order valence-electron chi connectivity index (χ1n) is 12.0. The third-order valence-electron chi connectivity index (χ3n) is 9.34. The minimum Gasteiger partial charge on any atom is -0.384 e. The van der Waals surface area contributed by atoms with E-state index in [1.807, 2.05) is 6.08 Å². The minimum atomic E-state index is -1.03. The molecule has 7 atom stereocenters. The standard InChI is InChI=1S/C28H34O3/c1-18-4-6-19(7-5-18)24-17-27(2)25(12-14-28(27,31)13-3-15-29)23-10-8-20-16-21(30)9-11-22(20)26(23)24/h4-7,16,22-26,29,31H,8-12,14-15,17H2,1-2H3/t22-,23-,24+,25-,26+,27-,28-/m0/s1. The zero-order chi connectivity index (χ0) is 21.8. The SMILES string of the molecule is Cc1ccc([C@H]2C[C@@]3(C)[C@@H](CC[C@@]3(O)C#CCO)[C@@H]3CCC4=CC(=O)CC[C@@H]4[C@H]32)cc1. The van der Waals surface area contributed by atoms with E-state index < -0.39 is 5.60 Å². The molecule has 5 rings (SSSR count). The average molecular weight is 419 g/mol. The van der Waals surface area contributed by atoms with Crippen molar-refractivity contribution in [3.8, 4) is 11.8 Å². The van der Waals surface area contributed by atoms with Gasteiger partial charge in [0.1, 0.15) is 12.2 Å². The van der Waals surface area contributed by atoms with E-state index in [9.17, 15) is 15.0 Å². The van der Waals surface area contributed by atoms with Crippen LogP contribution in [-0.2, 0) is 4.79 Å². The second-order valence-electron chi connectivity index (χ2n) is 10.7. The van der Waals surface area contributed by atoms with Crippen molar-refractivity contribution in [2.24, 2.45) is 29.1 Å². The molecule has 4 aliphatic carbocycles. The lowest BCUT2D eigenvalue weighted by Gasteiger charge is -2.58. The van der Waals surface area contributed by atoms with E-state index in [0.717, 1.165) is 32.1 Å². The average Bonchev–Trinajstić information content (AvgIpc) is 3.02. The van der Waals surface area contributed by atoms with Crippen LogP contribution in [0.2, 0.25) is 0 Å². The highest BCUT2D eigenvalue weighted by molar-refractivity contribution is 5.91. The van der Waals surface area contributed by atoms with Gasteiger partial charge in [0.15, 0.2) is 5.78 Å². The van der Waals surface area contributed by atoms with Gasteiger partial charge in [0.05, 0.1) is 0 Å². The quantitative estimate of drug-likeness (QED) is 0.658. The summed E-state index contributed by atoms with van der Waals surface area (Å²) in [7, 11) is 0. The van der Waals surface area contributed by atoms with E-state index in [4.69, 9.17) is 0 Å². The van der Waals surface area contributed by atoms with Gasteiger partial charge in [0.25, 0.3) is 0 Å². The Bertz CT molecular complexity index is 964. The molecule has 1 aromatic rings. The van der Waals surface area contributed by atoms with Crippen LogP contribution in [0.25, 0.3) is 0 Å². The lowest BCUT2D eigenvalue weighted by atomic mass is 9.46. The molecule has 0 aliphatic heterocycles. The Morgan fingerprint density at radius 3 is 2.61 bits per heavy atom. The Kier molecular flexibility index (Phi) is 5.15. The fraction of sp³-hybridized carbons (Fsp3) is 0.607. The van der Waals surface area contributed by atoms with Gasteiger partial charge in [-0.25, -0.2) is 0 Å². The molecule has 0 spiro atoms. The molecule has 2 N–H and O–H groups in total. The zero-order valence-electron chi connectivity index (χ0n) is 18.7. The maximum absolute atomic E-state index is 12.1. The predicted octanol–water partition coefficient (Wildman–Crippen LogP) is 4.56. The lowest BCUT2D eigenvalue weighted by molar-refractivity contribution is -0.117. The third kappa shape index (κ3) is 3.22. The van der Waals surface area contributed by atoms with E-state index in [2.05, 4.69) is 50.0 Å². The van der Waals surface area contributed by atoms with Crippen molar-refractivity contribution in [1.29, 1.82) is 0 Å². The van der Waals surface area contributed by atoms with E-state index >= 15 is 0 Å². The molecule has 3 heteroatoms. The molecule has 3 fully saturated rings. The molecule has 31 heavy (non-hydrogen) atoms. The van der Waals surface area contributed by atoms with Crippen LogP contribution in [0.5, 0.6) is 0 Å². The summed E-state index contributed by atoms with van der Waals surface area (Å²) in [6, 6.07) is 8.96. The van der Waals surface area contributed by atoms with E-state index in [1.54, 1.807) is 0 Å². The van der Waals surface area contributed by atoms with Crippen molar-refractivity contribution in [1.82, 2.24) is 0 Å². The Balaban J connectivity index is 1.61. The maximum Gasteiger partial charge on any atom is 0.155 e. The lowest BCUT2D eigenvalue weighted by Crippen LogP contribution is -2.54. The van der Waals surface area contributed by atoms with E-state index in [1.165, 1.54) is 16.7 Å². The molecule has 0 aromatic heterocycles. The number of hydrogen-bond acceptors (Lipinski definition) is 3. The molecule has 3 nitrogen and oxygen atoms in total. The minimum absolute atomic E-state index is 0.208. The first-order valence-corrected chi connectivity index (χ1v) is 12.0. The fourth-order valence-electron chi connectivity index (χ4n) is 7.86. The van der Waals surface area contributed by atoms with E-state index in [-0.39, 0.29) is 12.0 Å². The van der Waals surface area contributed by atoms with Crippen LogP contribution in [0.1, 0.15) is 68.9 Å². The molecule has 0 amide bonds. The summed E-state index contributed by atoms with van der Waals surface area (Å²) in [4.78, 5) is 12.1. The molecule has 0 radical (unpaired) electrons. The van der Waals surface area contributed by atoms with Gasteiger partial charge in [0, 0.05) is 11.8 Å². The van der Waals surface area contributed by atoms with Crippen LogP contribution < -0.4 is 0 Å². The molecule has 0 unspecified atom stereocenters. The van der Waals surface area contributed by atoms with Crippen molar-refractivity contribution < 1.29 is 15.0 Å². The number of aliphatic hydroxyl groups is 2. The number of allylic oxidation sites excluding steroid dienone is 1. The number of rotatable bonds is 1. The molecule has 164 valence electrons. The Morgan fingerprint density at radius 2 is 1.87 bits per heavy atom. The molecule has 0 bridgehead atoms. The summed E-state index contributed by atoms with van der Waals surface area (Å²) in [5.41, 5.74) is 2.69. The van der Waals surface area contributed by atoms with Gasteiger partial charge < -0.3 is 10.2 Å². The van der Waals surface area contributed by atoms with Gasteiger partial charge >= 0.3 is 0 Å². The smallest absolute Gasteiger partial charge is 0.155 e. The number of carbonyl (C=O) groups is 1. The summed E-state index contributed by atoms with van der Waals surface area (Å²) in [5.74, 6) is 8.53. The van der Waals surface area contributed by atoms with Gasteiger partial charge in [-0.3, -0.25) is 4.79 Å². The van der Waals surface area contributed by atoms with Crippen molar-refractivity contribution in [2.45, 2.75) is 70.3 Å². The molecule has 4 aliphatic rings.